The van der Waals surface area contributed by atoms with Crippen molar-refractivity contribution in [2.24, 2.45) is 0 Å². The molecule has 0 radical (unpaired) electrons. The topological polar surface area (TPSA) is 40.6 Å². The zero-order valence-corrected chi connectivity index (χ0v) is 43.9. The number of hydrogen-bond acceptors (Lipinski definition) is 4. The van der Waals surface area contributed by atoms with Crippen LogP contribution in [0.2, 0.25) is 78.6 Å². The summed E-state index contributed by atoms with van der Waals surface area (Å²) in [5.74, 6) is -0.272. The Morgan fingerprint density at radius 1 is 0.281 bits per heavy atom. The van der Waals surface area contributed by atoms with Gasteiger partial charge in [-0.3, -0.25) is 9.59 Å². The molecule has 0 amide bonds. The summed E-state index contributed by atoms with van der Waals surface area (Å²) in [5.41, 5.74) is 7.98. The van der Waals surface area contributed by atoms with Crippen LogP contribution in [0.3, 0.4) is 0 Å². The van der Waals surface area contributed by atoms with Crippen molar-refractivity contribution in [2.45, 2.75) is 78.6 Å². The summed E-state index contributed by atoms with van der Waals surface area (Å²) in [6.45, 7) is 28.3. The van der Waals surface area contributed by atoms with E-state index < -0.39 is 32.3 Å². The number of carbonyl (C=O) groups is 2. The molecule has 7 aromatic carbocycles. The van der Waals surface area contributed by atoms with Crippen LogP contribution in [0.25, 0.3) is 0 Å². The van der Waals surface area contributed by atoms with Gasteiger partial charge < -0.3 is 9.80 Å². The molecule has 0 aliphatic carbocycles. The molecular formula is C56H64N2O2Si4. The van der Waals surface area contributed by atoms with Crippen molar-refractivity contribution in [3.63, 3.8) is 0 Å². The Morgan fingerprint density at radius 2 is 0.500 bits per heavy atom. The number of nitrogens with zero attached hydrogens (tertiary/aromatic N) is 2. The lowest BCUT2D eigenvalue weighted by Crippen LogP contribution is -2.37. The molecular weight excluding hydrogens is 845 g/mol. The first-order chi connectivity index (χ1) is 30.1. The van der Waals surface area contributed by atoms with E-state index in [2.05, 4.69) is 198 Å². The van der Waals surface area contributed by atoms with Crippen LogP contribution in [-0.4, -0.2) is 43.9 Å². The van der Waals surface area contributed by atoms with Crippen LogP contribution in [0.15, 0.2) is 170 Å². The molecule has 0 spiro atoms. The number of rotatable bonds is 14. The summed E-state index contributed by atoms with van der Waals surface area (Å²) < 4.78 is 0. The van der Waals surface area contributed by atoms with E-state index >= 15 is 0 Å². The Labute approximate surface area is 386 Å². The van der Waals surface area contributed by atoms with E-state index in [4.69, 9.17) is 0 Å². The third-order valence-electron chi connectivity index (χ3n) is 12.1. The standard InChI is InChI=1S/C56H64N2O2Si4/c1-61(2,3)51-30-22-45(23-31-51)57(46-24-32-52(33-25-46)62(4,5)6)49-20-14-18-43(39-49)55(59)41-16-13-17-42(38-41)56(60)44-19-15-21-50(40-44)58(47-26-34-53(35-27-47)63(7,8)9)48-28-36-54(37-29-48)64(10,11)12/h13-40H,1-12H3. The van der Waals surface area contributed by atoms with Crippen molar-refractivity contribution in [3.05, 3.63) is 192 Å². The smallest absolute Gasteiger partial charge is 0.193 e. The van der Waals surface area contributed by atoms with Gasteiger partial charge in [0.2, 0.25) is 0 Å². The van der Waals surface area contributed by atoms with E-state index in [1.54, 1.807) is 18.2 Å². The summed E-state index contributed by atoms with van der Waals surface area (Å²) in [6, 6.07) is 58.5. The van der Waals surface area contributed by atoms with Crippen molar-refractivity contribution < 1.29 is 9.59 Å². The maximum absolute atomic E-state index is 14.4. The predicted molar refractivity (Wildman–Crippen MR) is 287 cm³/mol. The van der Waals surface area contributed by atoms with Gasteiger partial charge in [0.05, 0.1) is 32.3 Å². The Hall–Kier alpha value is -5.65. The first-order valence-electron chi connectivity index (χ1n) is 22.5. The lowest BCUT2D eigenvalue weighted by Gasteiger charge is -2.28. The van der Waals surface area contributed by atoms with Crippen LogP contribution in [0.5, 0.6) is 0 Å². The summed E-state index contributed by atoms with van der Waals surface area (Å²) in [6.07, 6.45) is 0. The Morgan fingerprint density at radius 3 is 0.734 bits per heavy atom. The van der Waals surface area contributed by atoms with Crippen molar-refractivity contribution in [1.29, 1.82) is 0 Å². The van der Waals surface area contributed by atoms with Gasteiger partial charge in [0, 0.05) is 56.4 Å². The highest BCUT2D eigenvalue weighted by atomic mass is 28.3. The predicted octanol–water partition coefficient (Wildman–Crippen LogP) is 13.3. The van der Waals surface area contributed by atoms with E-state index in [1.165, 1.54) is 20.7 Å². The highest BCUT2D eigenvalue weighted by Gasteiger charge is 2.24. The normalized spacial score (nSPS) is 12.2. The summed E-state index contributed by atoms with van der Waals surface area (Å²) in [7, 11) is -6.03. The van der Waals surface area contributed by atoms with Crippen LogP contribution in [-0.2, 0) is 0 Å². The second-order valence-electron chi connectivity index (χ2n) is 21.2. The minimum atomic E-state index is -1.51. The Kier molecular flexibility index (Phi) is 13.1. The van der Waals surface area contributed by atoms with Gasteiger partial charge >= 0.3 is 0 Å². The molecule has 4 nitrogen and oxygen atoms in total. The molecule has 0 atom stereocenters. The Balaban J connectivity index is 1.21. The van der Waals surface area contributed by atoms with Gasteiger partial charge in [0.1, 0.15) is 0 Å². The molecule has 7 rings (SSSR count). The van der Waals surface area contributed by atoms with Crippen LogP contribution in [0.4, 0.5) is 34.1 Å². The fraction of sp³-hybridized carbons (Fsp3) is 0.214. The minimum absolute atomic E-state index is 0.136. The first-order valence-corrected chi connectivity index (χ1v) is 36.5. The fourth-order valence-corrected chi connectivity index (χ4v) is 12.7. The second-order valence-corrected chi connectivity index (χ2v) is 41.5. The van der Waals surface area contributed by atoms with Crippen molar-refractivity contribution in [2.75, 3.05) is 9.80 Å². The molecule has 64 heavy (non-hydrogen) atoms. The van der Waals surface area contributed by atoms with Gasteiger partial charge in [0.25, 0.3) is 0 Å². The molecule has 0 unspecified atom stereocenters. The van der Waals surface area contributed by atoms with E-state index in [-0.39, 0.29) is 11.6 Å². The summed E-state index contributed by atoms with van der Waals surface area (Å²) in [4.78, 5) is 33.3. The van der Waals surface area contributed by atoms with Crippen LogP contribution in [0, 0.1) is 0 Å². The number of ketones is 2. The molecule has 0 aliphatic heterocycles. The average Bonchev–Trinajstić information content (AvgIpc) is 3.26. The molecule has 7 aromatic rings. The SMILES string of the molecule is C[Si](C)(C)c1ccc(N(c2ccc([Si](C)(C)C)cc2)c2cccc(C(=O)c3cccc(C(=O)c4cccc(N(c5ccc([Si](C)(C)C)cc5)c5ccc([Si](C)(C)C)cc5)c4)c3)c2)cc1. The molecule has 0 saturated heterocycles. The minimum Gasteiger partial charge on any atom is -0.310 e. The molecule has 0 fully saturated rings. The third-order valence-corrected chi connectivity index (χ3v) is 20.3. The van der Waals surface area contributed by atoms with E-state index in [0.717, 1.165) is 34.1 Å². The van der Waals surface area contributed by atoms with E-state index in [1.807, 2.05) is 42.5 Å². The lowest BCUT2D eigenvalue weighted by molar-refractivity contribution is 0.103. The van der Waals surface area contributed by atoms with Gasteiger partial charge in [0.15, 0.2) is 11.6 Å². The van der Waals surface area contributed by atoms with Gasteiger partial charge in [-0.25, -0.2) is 0 Å². The number of hydrogen-bond donors (Lipinski definition) is 0. The molecule has 0 aliphatic rings. The van der Waals surface area contributed by atoms with E-state index in [9.17, 15) is 9.59 Å². The summed E-state index contributed by atoms with van der Waals surface area (Å²) in [5, 5.41) is 5.58. The molecule has 0 N–H and O–H groups in total. The van der Waals surface area contributed by atoms with Crippen LogP contribution >= 0.6 is 0 Å². The average molecular weight is 909 g/mol. The molecule has 0 saturated carbocycles. The molecule has 326 valence electrons. The van der Waals surface area contributed by atoms with Gasteiger partial charge in [-0.1, -0.05) is 190 Å². The zero-order chi connectivity index (χ0) is 46.2. The maximum Gasteiger partial charge on any atom is 0.193 e. The largest absolute Gasteiger partial charge is 0.310 e. The highest BCUT2D eigenvalue weighted by Crippen LogP contribution is 2.37. The Bertz CT molecular complexity index is 2470. The quantitative estimate of drug-likeness (QED) is 0.0805. The number of carbonyl (C=O) groups excluding carboxylic acids is 2. The van der Waals surface area contributed by atoms with Crippen molar-refractivity contribution >= 4 is 98.7 Å². The second kappa shape index (κ2) is 18.1. The van der Waals surface area contributed by atoms with Gasteiger partial charge in [-0.15, -0.1) is 0 Å². The number of benzene rings is 7. The monoisotopic (exact) mass is 908 g/mol. The molecule has 0 bridgehead atoms. The number of anilines is 6. The first kappa shape index (κ1) is 46.3. The fourth-order valence-electron chi connectivity index (χ4n) is 8.04. The molecule has 0 heterocycles. The molecule has 8 heteroatoms. The van der Waals surface area contributed by atoms with Gasteiger partial charge in [-0.05, 0) is 78.9 Å². The van der Waals surface area contributed by atoms with Crippen LogP contribution < -0.4 is 30.5 Å². The summed E-state index contributed by atoms with van der Waals surface area (Å²) >= 11 is 0. The van der Waals surface area contributed by atoms with Crippen molar-refractivity contribution in [3.8, 4) is 0 Å². The zero-order valence-electron chi connectivity index (χ0n) is 39.9. The third kappa shape index (κ3) is 10.5. The van der Waals surface area contributed by atoms with E-state index in [0.29, 0.717) is 22.3 Å². The van der Waals surface area contributed by atoms with Crippen molar-refractivity contribution in [1.82, 2.24) is 0 Å². The molecule has 0 aromatic heterocycles. The highest BCUT2D eigenvalue weighted by molar-refractivity contribution is 6.90. The van der Waals surface area contributed by atoms with Crippen LogP contribution in [0.1, 0.15) is 31.8 Å². The lowest BCUT2D eigenvalue weighted by atomic mass is 9.96. The maximum atomic E-state index is 14.4. The van der Waals surface area contributed by atoms with Gasteiger partial charge in [-0.2, -0.15) is 0 Å².